The molecule has 1 heterocycles. The van der Waals surface area contributed by atoms with E-state index in [-0.39, 0.29) is 0 Å². The summed E-state index contributed by atoms with van der Waals surface area (Å²) in [5.74, 6) is 2.58. The highest BCUT2D eigenvalue weighted by molar-refractivity contribution is 5.04. The van der Waals surface area contributed by atoms with Crippen LogP contribution in [0.15, 0.2) is 12.4 Å². The van der Waals surface area contributed by atoms with Gasteiger partial charge in [-0.15, -0.1) is 0 Å². The molecule has 0 bridgehead atoms. The van der Waals surface area contributed by atoms with Gasteiger partial charge in [-0.2, -0.15) is 5.10 Å². The van der Waals surface area contributed by atoms with Crippen molar-refractivity contribution in [2.24, 2.45) is 24.8 Å². The molecule has 21 heavy (non-hydrogen) atoms. The second kappa shape index (κ2) is 7.98. The Bertz CT molecular complexity index is 410. The largest absolute Gasteiger partial charge is 0.314 e. The first-order valence-corrected chi connectivity index (χ1v) is 8.81. The predicted octanol–water partition coefficient (Wildman–Crippen LogP) is 3.79. The van der Waals surface area contributed by atoms with Gasteiger partial charge in [-0.25, -0.2) is 0 Å². The van der Waals surface area contributed by atoms with Crippen LogP contribution in [-0.4, -0.2) is 22.4 Å². The van der Waals surface area contributed by atoms with Crippen LogP contribution in [0.3, 0.4) is 0 Å². The zero-order chi connectivity index (χ0) is 15.2. The van der Waals surface area contributed by atoms with Gasteiger partial charge in [-0.05, 0) is 68.4 Å². The third-order valence-electron chi connectivity index (χ3n) is 5.18. The fourth-order valence-electron chi connectivity index (χ4n) is 3.78. The van der Waals surface area contributed by atoms with Crippen molar-refractivity contribution in [1.82, 2.24) is 15.1 Å². The third-order valence-corrected chi connectivity index (χ3v) is 5.18. The van der Waals surface area contributed by atoms with E-state index < -0.39 is 0 Å². The van der Waals surface area contributed by atoms with E-state index in [2.05, 4.69) is 37.4 Å². The van der Waals surface area contributed by atoms with Gasteiger partial charge in [-0.3, -0.25) is 4.68 Å². The molecule has 1 aliphatic carbocycles. The minimum absolute atomic E-state index is 0.733. The summed E-state index contributed by atoms with van der Waals surface area (Å²) in [5.41, 5.74) is 1.39. The van der Waals surface area contributed by atoms with Crippen LogP contribution >= 0.6 is 0 Å². The highest BCUT2D eigenvalue weighted by Gasteiger charge is 2.31. The summed E-state index contributed by atoms with van der Waals surface area (Å²) in [4.78, 5) is 0. The van der Waals surface area contributed by atoms with Crippen molar-refractivity contribution in [3.05, 3.63) is 18.0 Å². The van der Waals surface area contributed by atoms with Crippen LogP contribution in [-0.2, 0) is 13.5 Å². The van der Waals surface area contributed by atoms with Crippen LogP contribution in [0, 0.1) is 17.8 Å². The van der Waals surface area contributed by atoms with Gasteiger partial charge in [0.15, 0.2) is 0 Å². The third kappa shape index (κ3) is 4.84. The normalized spacial score (nSPS) is 26.4. The first-order valence-electron chi connectivity index (χ1n) is 8.81. The second-order valence-electron chi connectivity index (χ2n) is 7.20. The molecule has 0 spiro atoms. The Morgan fingerprint density at radius 3 is 2.81 bits per heavy atom. The van der Waals surface area contributed by atoms with Gasteiger partial charge in [0, 0.05) is 19.3 Å². The van der Waals surface area contributed by atoms with Crippen molar-refractivity contribution < 1.29 is 0 Å². The van der Waals surface area contributed by atoms with Gasteiger partial charge in [-0.1, -0.05) is 20.8 Å². The summed E-state index contributed by atoms with van der Waals surface area (Å²) in [6, 6.07) is 0.733. The maximum atomic E-state index is 4.29. The summed E-state index contributed by atoms with van der Waals surface area (Å²) in [6.07, 6.45) is 12.1. The molecule has 0 aromatic carbocycles. The van der Waals surface area contributed by atoms with Crippen LogP contribution in [0.25, 0.3) is 0 Å². The van der Waals surface area contributed by atoms with Crippen molar-refractivity contribution in [3.63, 3.8) is 0 Å². The lowest BCUT2D eigenvalue weighted by Gasteiger charge is -2.38. The topological polar surface area (TPSA) is 29.9 Å². The van der Waals surface area contributed by atoms with Crippen molar-refractivity contribution in [1.29, 1.82) is 0 Å². The van der Waals surface area contributed by atoms with Gasteiger partial charge in [0.2, 0.25) is 0 Å². The molecule has 0 radical (unpaired) electrons. The Labute approximate surface area is 130 Å². The quantitative estimate of drug-likeness (QED) is 0.828. The van der Waals surface area contributed by atoms with E-state index >= 15 is 0 Å². The number of nitrogens with zero attached hydrogens (tertiary/aromatic N) is 2. The minimum Gasteiger partial charge on any atom is -0.314 e. The molecule has 0 saturated heterocycles. The van der Waals surface area contributed by atoms with Crippen molar-refractivity contribution in [2.45, 2.75) is 65.3 Å². The van der Waals surface area contributed by atoms with Gasteiger partial charge in [0.1, 0.15) is 0 Å². The zero-order valence-electron chi connectivity index (χ0n) is 14.3. The number of aryl methyl sites for hydroxylation is 2. The van der Waals surface area contributed by atoms with E-state index in [1.807, 2.05) is 17.9 Å². The fourth-order valence-corrected chi connectivity index (χ4v) is 3.78. The molecule has 1 aromatic rings. The number of hydrogen-bond acceptors (Lipinski definition) is 2. The first-order chi connectivity index (χ1) is 10.1. The van der Waals surface area contributed by atoms with Gasteiger partial charge >= 0.3 is 0 Å². The highest BCUT2D eigenvalue weighted by atomic mass is 15.2. The maximum Gasteiger partial charge on any atom is 0.0521 e. The smallest absolute Gasteiger partial charge is 0.0521 e. The summed E-state index contributed by atoms with van der Waals surface area (Å²) >= 11 is 0. The van der Waals surface area contributed by atoms with Gasteiger partial charge in [0.05, 0.1) is 6.20 Å². The van der Waals surface area contributed by atoms with Crippen LogP contribution in [0.4, 0.5) is 0 Å². The number of nitrogens with one attached hydrogen (secondary N) is 1. The lowest BCUT2D eigenvalue weighted by atomic mass is 9.72. The van der Waals surface area contributed by atoms with E-state index in [1.165, 1.54) is 50.6 Å². The molecular formula is C18H33N3. The average molecular weight is 291 g/mol. The van der Waals surface area contributed by atoms with Crippen molar-refractivity contribution in [3.8, 4) is 0 Å². The molecule has 1 fully saturated rings. The molecule has 3 atom stereocenters. The molecule has 3 unspecified atom stereocenters. The van der Waals surface area contributed by atoms with Crippen LogP contribution in [0.2, 0.25) is 0 Å². The summed E-state index contributed by atoms with van der Waals surface area (Å²) in [5, 5.41) is 8.09. The molecule has 2 rings (SSSR count). The van der Waals surface area contributed by atoms with E-state index in [0.717, 1.165) is 23.8 Å². The molecule has 1 aromatic heterocycles. The Balaban J connectivity index is 1.91. The van der Waals surface area contributed by atoms with E-state index in [1.54, 1.807) is 0 Å². The summed E-state index contributed by atoms with van der Waals surface area (Å²) in [7, 11) is 2.00. The van der Waals surface area contributed by atoms with Crippen LogP contribution in [0.1, 0.15) is 58.4 Å². The standard InChI is InChI=1S/C18H33N3/c1-5-10-19-18-9-8-16(14(2)3)11-17(18)7-6-15-12-20-21(4)13-15/h12-14,16-19H,5-11H2,1-4H3. The summed E-state index contributed by atoms with van der Waals surface area (Å²) < 4.78 is 1.92. The lowest BCUT2D eigenvalue weighted by molar-refractivity contribution is 0.161. The Morgan fingerprint density at radius 1 is 1.38 bits per heavy atom. The van der Waals surface area contributed by atoms with E-state index in [4.69, 9.17) is 0 Å². The molecule has 3 heteroatoms. The highest BCUT2D eigenvalue weighted by Crippen LogP contribution is 2.36. The lowest BCUT2D eigenvalue weighted by Crippen LogP contribution is -2.42. The molecular weight excluding hydrogens is 258 g/mol. The Hall–Kier alpha value is -0.830. The fraction of sp³-hybridized carbons (Fsp3) is 0.833. The predicted molar refractivity (Wildman–Crippen MR) is 89.3 cm³/mol. The molecule has 0 amide bonds. The van der Waals surface area contributed by atoms with Crippen LogP contribution in [0.5, 0.6) is 0 Å². The van der Waals surface area contributed by atoms with Gasteiger partial charge < -0.3 is 5.32 Å². The van der Waals surface area contributed by atoms with Crippen molar-refractivity contribution >= 4 is 0 Å². The molecule has 0 aliphatic heterocycles. The number of aromatic nitrogens is 2. The van der Waals surface area contributed by atoms with E-state index in [9.17, 15) is 0 Å². The molecule has 120 valence electrons. The number of rotatable bonds is 7. The monoisotopic (exact) mass is 291 g/mol. The van der Waals surface area contributed by atoms with Crippen molar-refractivity contribution in [2.75, 3.05) is 6.54 Å². The van der Waals surface area contributed by atoms with Crippen LogP contribution < -0.4 is 5.32 Å². The zero-order valence-corrected chi connectivity index (χ0v) is 14.3. The molecule has 1 aliphatic rings. The molecule has 1 saturated carbocycles. The Kier molecular flexibility index (Phi) is 6.28. The molecule has 1 N–H and O–H groups in total. The second-order valence-corrected chi connectivity index (χ2v) is 7.20. The maximum absolute atomic E-state index is 4.29. The summed E-state index contributed by atoms with van der Waals surface area (Å²) in [6.45, 7) is 8.21. The average Bonchev–Trinajstić information content (AvgIpc) is 2.88. The number of hydrogen-bond donors (Lipinski definition) is 1. The Morgan fingerprint density at radius 2 is 2.19 bits per heavy atom. The first kappa shape index (κ1) is 16.5. The molecule has 3 nitrogen and oxygen atoms in total. The van der Waals surface area contributed by atoms with Gasteiger partial charge in [0.25, 0.3) is 0 Å². The minimum atomic E-state index is 0.733. The van der Waals surface area contributed by atoms with E-state index in [0.29, 0.717) is 0 Å². The SMILES string of the molecule is CCCNC1CCC(C(C)C)CC1CCc1cnn(C)c1.